The molecule has 0 spiro atoms. The van der Waals surface area contributed by atoms with Gasteiger partial charge in [0.1, 0.15) is 10.8 Å². The van der Waals surface area contributed by atoms with Gasteiger partial charge >= 0.3 is 0 Å². The summed E-state index contributed by atoms with van der Waals surface area (Å²) in [5, 5.41) is 12.6. The highest BCUT2D eigenvalue weighted by atomic mass is 35.5. The number of aryl methyl sites for hydroxylation is 1. The number of methoxy groups -OCH3 is 1. The largest absolute Gasteiger partial charge is 0.497 e. The Kier molecular flexibility index (Phi) is 11.7. The number of piperidine rings is 1. The van der Waals surface area contributed by atoms with Gasteiger partial charge in [-0.05, 0) is 98.8 Å². The zero-order valence-corrected chi connectivity index (χ0v) is 26.6. The number of hydrogen-bond acceptors (Lipinski definition) is 6. The minimum absolute atomic E-state index is 0. The van der Waals surface area contributed by atoms with E-state index in [0.717, 1.165) is 17.9 Å². The lowest BCUT2D eigenvalue weighted by Gasteiger charge is -2.32. The molecule has 0 unspecified atom stereocenters. The number of halogens is 2. The first-order chi connectivity index (χ1) is 20.4. The summed E-state index contributed by atoms with van der Waals surface area (Å²) >= 11 is 7.54. The molecule has 226 valence electrons. The van der Waals surface area contributed by atoms with E-state index in [4.69, 9.17) is 16.3 Å². The van der Waals surface area contributed by atoms with Gasteiger partial charge in [-0.1, -0.05) is 53.7 Å². The van der Waals surface area contributed by atoms with Crippen molar-refractivity contribution in [1.82, 2.24) is 20.4 Å². The highest BCUT2D eigenvalue weighted by Crippen LogP contribution is 2.31. The Balaban J connectivity index is 0.00000423. The first-order valence-electron chi connectivity index (χ1n) is 14.2. The fourth-order valence-electron chi connectivity index (χ4n) is 5.30. The summed E-state index contributed by atoms with van der Waals surface area (Å²) in [6.45, 7) is 3.55. The van der Waals surface area contributed by atoms with Crippen molar-refractivity contribution >= 4 is 41.7 Å². The topological polar surface area (TPSA) is 85.2 Å². The third-order valence-electron chi connectivity index (χ3n) is 7.60. The highest BCUT2D eigenvalue weighted by molar-refractivity contribution is 7.99. The Bertz CT molecular complexity index is 1550. The molecule has 2 heterocycles. The Morgan fingerprint density at radius 1 is 1.12 bits per heavy atom. The molecule has 0 bridgehead atoms. The summed E-state index contributed by atoms with van der Waals surface area (Å²) in [6, 6.07) is 26.8. The number of carbonyl (C=O) groups is 1. The van der Waals surface area contributed by atoms with Gasteiger partial charge in [0.2, 0.25) is 5.91 Å². The van der Waals surface area contributed by atoms with Crippen LogP contribution in [-0.4, -0.2) is 41.9 Å². The number of aromatic nitrogens is 2. The smallest absolute Gasteiger partial charge is 0.274 e. The van der Waals surface area contributed by atoms with Crippen LogP contribution in [0.3, 0.4) is 0 Å². The van der Waals surface area contributed by atoms with E-state index in [-0.39, 0.29) is 41.8 Å². The SMILES string of the molecule is COc1ccc(-n2nc(Sc3ccc(Cl)cc3)cc(CC[C@H](C)NC(=O)[C@H]3CNCC[C@H]3c3ccccc3)c2=O)cc1.Cl. The van der Waals surface area contributed by atoms with Gasteiger partial charge in [0.05, 0.1) is 18.7 Å². The van der Waals surface area contributed by atoms with Crippen molar-refractivity contribution in [3.63, 3.8) is 0 Å². The maximum Gasteiger partial charge on any atom is 0.274 e. The lowest BCUT2D eigenvalue weighted by Crippen LogP contribution is -2.47. The van der Waals surface area contributed by atoms with E-state index in [1.54, 1.807) is 7.11 Å². The predicted octanol–water partition coefficient (Wildman–Crippen LogP) is 6.30. The predicted molar refractivity (Wildman–Crippen MR) is 175 cm³/mol. The van der Waals surface area contributed by atoms with Crippen molar-refractivity contribution in [2.75, 3.05) is 20.2 Å². The van der Waals surface area contributed by atoms with E-state index in [0.29, 0.717) is 46.4 Å². The van der Waals surface area contributed by atoms with Gasteiger partial charge in [-0.15, -0.1) is 12.4 Å². The van der Waals surface area contributed by atoms with Crippen LogP contribution in [0.4, 0.5) is 0 Å². The molecule has 1 amide bonds. The molecule has 0 saturated carbocycles. The molecule has 2 N–H and O–H groups in total. The molecule has 5 rings (SSSR count). The quantitative estimate of drug-likeness (QED) is 0.212. The zero-order valence-electron chi connectivity index (χ0n) is 24.2. The van der Waals surface area contributed by atoms with Gasteiger partial charge in [-0.3, -0.25) is 9.59 Å². The molecule has 1 aliphatic rings. The normalized spacial score (nSPS) is 17.0. The number of benzene rings is 3. The molecule has 1 aliphatic heterocycles. The minimum Gasteiger partial charge on any atom is -0.497 e. The maximum atomic E-state index is 13.6. The minimum atomic E-state index is -0.181. The fraction of sp³-hybridized carbons (Fsp3) is 0.303. The molecule has 1 aromatic heterocycles. The first-order valence-corrected chi connectivity index (χ1v) is 15.4. The van der Waals surface area contributed by atoms with Crippen LogP contribution >= 0.6 is 35.8 Å². The second-order valence-electron chi connectivity index (χ2n) is 10.5. The van der Waals surface area contributed by atoms with E-state index in [1.807, 2.05) is 79.7 Å². The van der Waals surface area contributed by atoms with Gasteiger partial charge in [0.15, 0.2) is 0 Å². The number of nitrogens with one attached hydrogen (secondary N) is 2. The molecule has 7 nitrogen and oxygen atoms in total. The molecular formula is C33H36Cl2N4O3S. The average molecular weight is 640 g/mol. The summed E-state index contributed by atoms with van der Waals surface area (Å²) in [7, 11) is 1.60. The number of hydrogen-bond donors (Lipinski definition) is 2. The monoisotopic (exact) mass is 638 g/mol. The van der Waals surface area contributed by atoms with Crippen molar-refractivity contribution in [3.05, 3.63) is 111 Å². The lowest BCUT2D eigenvalue weighted by atomic mass is 9.80. The van der Waals surface area contributed by atoms with Crippen molar-refractivity contribution < 1.29 is 9.53 Å². The lowest BCUT2D eigenvalue weighted by molar-refractivity contribution is -0.126. The van der Waals surface area contributed by atoms with E-state index in [9.17, 15) is 9.59 Å². The molecule has 1 fully saturated rings. The number of rotatable bonds is 10. The van der Waals surface area contributed by atoms with E-state index in [1.165, 1.54) is 22.0 Å². The van der Waals surface area contributed by atoms with Crippen molar-refractivity contribution in [3.8, 4) is 11.4 Å². The molecule has 3 aromatic carbocycles. The summed E-state index contributed by atoms with van der Waals surface area (Å²) in [4.78, 5) is 28.0. The fourth-order valence-corrected chi connectivity index (χ4v) is 6.26. The third kappa shape index (κ3) is 8.42. The molecule has 4 aromatic rings. The highest BCUT2D eigenvalue weighted by Gasteiger charge is 2.32. The van der Waals surface area contributed by atoms with Crippen LogP contribution in [0.2, 0.25) is 5.02 Å². The maximum absolute atomic E-state index is 13.6. The summed E-state index contributed by atoms with van der Waals surface area (Å²) < 4.78 is 6.72. The van der Waals surface area contributed by atoms with Gasteiger partial charge in [0.25, 0.3) is 5.56 Å². The Morgan fingerprint density at radius 2 is 1.84 bits per heavy atom. The second kappa shape index (κ2) is 15.4. The summed E-state index contributed by atoms with van der Waals surface area (Å²) in [6.07, 6.45) is 2.04. The van der Waals surface area contributed by atoms with Crippen molar-refractivity contribution in [1.29, 1.82) is 0 Å². The van der Waals surface area contributed by atoms with E-state index in [2.05, 4.69) is 27.9 Å². The van der Waals surface area contributed by atoms with Gasteiger partial charge < -0.3 is 15.4 Å². The van der Waals surface area contributed by atoms with Gasteiger partial charge in [0, 0.05) is 28.1 Å². The molecule has 0 radical (unpaired) electrons. The van der Waals surface area contributed by atoms with Crippen LogP contribution < -0.4 is 20.9 Å². The van der Waals surface area contributed by atoms with Gasteiger partial charge in [-0.2, -0.15) is 9.78 Å². The first kappa shape index (κ1) is 32.6. The van der Waals surface area contributed by atoms with Crippen LogP contribution in [0.15, 0.2) is 99.6 Å². The summed E-state index contributed by atoms with van der Waals surface area (Å²) in [5.74, 6) is 0.794. The number of carbonyl (C=O) groups excluding carboxylic acids is 1. The number of nitrogens with zero attached hydrogens (tertiary/aromatic N) is 2. The average Bonchev–Trinajstić information content (AvgIpc) is 3.02. The van der Waals surface area contributed by atoms with Crippen molar-refractivity contribution in [2.24, 2.45) is 5.92 Å². The van der Waals surface area contributed by atoms with Crippen molar-refractivity contribution in [2.45, 2.75) is 48.1 Å². The number of amides is 1. The Hall–Kier alpha value is -3.30. The van der Waals surface area contributed by atoms with Crippen LogP contribution in [0.1, 0.15) is 36.8 Å². The molecule has 43 heavy (non-hydrogen) atoms. The van der Waals surface area contributed by atoms with E-state index < -0.39 is 0 Å². The number of ether oxygens (including phenoxy) is 1. The second-order valence-corrected chi connectivity index (χ2v) is 12.1. The standard InChI is InChI=1S/C33H35ClN4O3S.ClH/c1-22(36-32(39)30-21-35-19-18-29(30)23-6-4-3-5-7-23)8-9-24-20-31(42-28-16-10-25(34)11-17-28)37-38(33(24)40)26-12-14-27(41-2)15-13-26;/h3-7,10-17,20,22,29-30,35H,8-9,18-19,21H2,1-2H3,(H,36,39);1H/t22-,29-,30-;/m0./s1. The van der Waals surface area contributed by atoms with Crippen LogP contribution in [0.25, 0.3) is 5.69 Å². The molecule has 1 saturated heterocycles. The molecule has 0 aliphatic carbocycles. The van der Waals surface area contributed by atoms with Gasteiger partial charge in [-0.25, -0.2) is 0 Å². The molecular weight excluding hydrogens is 603 g/mol. The zero-order chi connectivity index (χ0) is 29.5. The molecule has 3 atom stereocenters. The molecule has 10 heteroatoms. The van der Waals surface area contributed by atoms with Crippen LogP contribution in [0.5, 0.6) is 5.75 Å². The van der Waals surface area contributed by atoms with E-state index >= 15 is 0 Å². The van der Waals surface area contributed by atoms with Crippen LogP contribution in [0, 0.1) is 5.92 Å². The Morgan fingerprint density at radius 3 is 2.53 bits per heavy atom. The summed E-state index contributed by atoms with van der Waals surface area (Å²) in [5.41, 5.74) is 2.31. The Labute approximate surface area is 267 Å². The van der Waals surface area contributed by atoms with Crippen LogP contribution in [-0.2, 0) is 11.2 Å². The third-order valence-corrected chi connectivity index (χ3v) is 8.77.